The molecule has 18 heavy (non-hydrogen) atoms. The summed E-state index contributed by atoms with van der Waals surface area (Å²) in [6.07, 6.45) is 4.87. The van der Waals surface area contributed by atoms with Crippen LogP contribution in [0.4, 0.5) is 0 Å². The Morgan fingerprint density at radius 1 is 1.22 bits per heavy atom. The van der Waals surface area contributed by atoms with Gasteiger partial charge in [-0.3, -0.25) is 9.59 Å². The molecule has 3 rings (SSSR count). The number of hydrogen-bond acceptors (Lipinski definition) is 3. The van der Waals surface area contributed by atoms with E-state index in [-0.39, 0.29) is 5.78 Å². The number of aryl methyl sites for hydroxylation is 1. The van der Waals surface area contributed by atoms with Crippen LogP contribution in [0.25, 0.3) is 0 Å². The van der Waals surface area contributed by atoms with Gasteiger partial charge < -0.3 is 4.74 Å². The van der Waals surface area contributed by atoms with E-state index in [9.17, 15) is 9.59 Å². The maximum atomic E-state index is 12.4. The fourth-order valence-electron chi connectivity index (χ4n) is 3.17. The second kappa shape index (κ2) is 4.23. The number of carbonyl (C=O) groups excluding carboxylic acids is 2. The van der Waals surface area contributed by atoms with E-state index in [1.54, 1.807) is 0 Å². The molecule has 1 atom stereocenters. The zero-order valence-corrected chi connectivity index (χ0v) is 10.5. The minimum absolute atomic E-state index is 0.0319. The summed E-state index contributed by atoms with van der Waals surface area (Å²) in [6, 6.07) is 4.14. The standard InChI is InChI=1S/C15H16O3/c1-18-15(17)12-8-10-7-6-9-4-2-3-5-11(9)13(10)14(12)16/h6-7,12H,2-5,8H2,1H3/t12-/m0/s1. The van der Waals surface area contributed by atoms with Crippen molar-refractivity contribution in [2.24, 2.45) is 5.92 Å². The topological polar surface area (TPSA) is 43.4 Å². The molecule has 0 bridgehead atoms. The van der Waals surface area contributed by atoms with Crippen LogP contribution in [0.2, 0.25) is 0 Å². The highest BCUT2D eigenvalue weighted by Gasteiger charge is 2.38. The van der Waals surface area contributed by atoms with Crippen LogP contribution in [0, 0.1) is 5.92 Å². The van der Waals surface area contributed by atoms with Gasteiger partial charge in [-0.15, -0.1) is 0 Å². The quantitative estimate of drug-likeness (QED) is 0.561. The van der Waals surface area contributed by atoms with E-state index < -0.39 is 11.9 Å². The molecule has 0 N–H and O–H groups in total. The van der Waals surface area contributed by atoms with E-state index in [0.717, 1.165) is 30.4 Å². The van der Waals surface area contributed by atoms with Crippen molar-refractivity contribution in [1.82, 2.24) is 0 Å². The van der Waals surface area contributed by atoms with Crippen LogP contribution in [-0.4, -0.2) is 18.9 Å². The predicted molar refractivity (Wildman–Crippen MR) is 66.6 cm³/mol. The Hall–Kier alpha value is -1.64. The number of fused-ring (bicyclic) bond motifs is 3. The molecule has 0 amide bonds. The number of methoxy groups -OCH3 is 1. The van der Waals surface area contributed by atoms with Crippen LogP contribution >= 0.6 is 0 Å². The van der Waals surface area contributed by atoms with E-state index in [0.29, 0.717) is 6.42 Å². The zero-order chi connectivity index (χ0) is 12.7. The average molecular weight is 244 g/mol. The van der Waals surface area contributed by atoms with E-state index >= 15 is 0 Å². The van der Waals surface area contributed by atoms with Gasteiger partial charge in [0.05, 0.1) is 7.11 Å². The minimum Gasteiger partial charge on any atom is -0.468 e. The van der Waals surface area contributed by atoms with Crippen molar-refractivity contribution in [3.05, 3.63) is 34.4 Å². The Balaban J connectivity index is 2.05. The lowest BCUT2D eigenvalue weighted by atomic mass is 9.86. The Labute approximate surface area is 106 Å². The van der Waals surface area contributed by atoms with Crippen molar-refractivity contribution in [2.75, 3.05) is 7.11 Å². The van der Waals surface area contributed by atoms with Gasteiger partial charge >= 0.3 is 5.97 Å². The van der Waals surface area contributed by atoms with Gasteiger partial charge in [-0.05, 0) is 48.8 Å². The normalized spacial score (nSPS) is 21.4. The first-order valence-corrected chi connectivity index (χ1v) is 6.48. The molecule has 0 saturated carbocycles. The number of carbonyl (C=O) groups is 2. The largest absolute Gasteiger partial charge is 0.468 e. The van der Waals surface area contributed by atoms with E-state index in [4.69, 9.17) is 4.74 Å². The van der Waals surface area contributed by atoms with Crippen molar-refractivity contribution < 1.29 is 14.3 Å². The average Bonchev–Trinajstić information content (AvgIpc) is 2.76. The third-order valence-electron chi connectivity index (χ3n) is 4.09. The zero-order valence-electron chi connectivity index (χ0n) is 10.5. The molecule has 1 aromatic rings. The Bertz CT molecular complexity index is 531. The fourth-order valence-corrected chi connectivity index (χ4v) is 3.17. The minimum atomic E-state index is -0.613. The van der Waals surface area contributed by atoms with Crippen LogP contribution in [-0.2, 0) is 28.8 Å². The molecule has 2 aliphatic carbocycles. The Kier molecular flexibility index (Phi) is 2.69. The summed E-state index contributed by atoms with van der Waals surface area (Å²) >= 11 is 0. The van der Waals surface area contributed by atoms with Gasteiger partial charge in [0.15, 0.2) is 5.78 Å². The second-order valence-electron chi connectivity index (χ2n) is 5.09. The van der Waals surface area contributed by atoms with Crippen molar-refractivity contribution in [1.29, 1.82) is 0 Å². The van der Waals surface area contributed by atoms with Crippen LogP contribution in [0.5, 0.6) is 0 Å². The summed E-state index contributed by atoms with van der Waals surface area (Å²) in [7, 11) is 1.34. The maximum Gasteiger partial charge on any atom is 0.316 e. The highest BCUT2D eigenvalue weighted by molar-refractivity contribution is 6.13. The van der Waals surface area contributed by atoms with Gasteiger partial charge in [-0.25, -0.2) is 0 Å². The summed E-state index contributed by atoms with van der Waals surface area (Å²) in [5.41, 5.74) is 4.33. The molecular formula is C15H16O3. The summed E-state index contributed by atoms with van der Waals surface area (Å²) in [4.78, 5) is 24.0. The first-order valence-electron chi connectivity index (χ1n) is 6.48. The number of esters is 1. The van der Waals surface area contributed by atoms with Gasteiger partial charge in [0.25, 0.3) is 0 Å². The molecule has 0 fully saturated rings. The van der Waals surface area contributed by atoms with Gasteiger partial charge in [0.2, 0.25) is 0 Å². The fraction of sp³-hybridized carbons (Fsp3) is 0.467. The van der Waals surface area contributed by atoms with Gasteiger partial charge in [-0.1, -0.05) is 12.1 Å². The van der Waals surface area contributed by atoms with Gasteiger partial charge in [-0.2, -0.15) is 0 Å². The molecule has 0 aromatic heterocycles. The van der Waals surface area contributed by atoms with Crippen LogP contribution in [0.15, 0.2) is 12.1 Å². The van der Waals surface area contributed by atoms with E-state index in [1.165, 1.54) is 24.7 Å². The predicted octanol–water partition coefficient (Wildman–Crippen LogP) is 2.09. The third kappa shape index (κ3) is 1.57. The number of ketones is 1. The first kappa shape index (κ1) is 11.5. The molecule has 3 nitrogen and oxygen atoms in total. The van der Waals surface area contributed by atoms with Crippen molar-refractivity contribution in [2.45, 2.75) is 32.1 Å². The first-order chi connectivity index (χ1) is 8.72. The molecule has 1 aromatic carbocycles. The van der Waals surface area contributed by atoms with E-state index in [1.807, 2.05) is 6.07 Å². The lowest BCUT2D eigenvalue weighted by Gasteiger charge is -2.18. The molecule has 0 saturated heterocycles. The van der Waals surface area contributed by atoms with Crippen LogP contribution < -0.4 is 0 Å². The molecule has 0 aliphatic heterocycles. The lowest BCUT2D eigenvalue weighted by molar-refractivity contribution is -0.143. The highest BCUT2D eigenvalue weighted by Crippen LogP contribution is 2.35. The Morgan fingerprint density at radius 3 is 2.72 bits per heavy atom. The molecule has 0 radical (unpaired) electrons. The SMILES string of the molecule is COC(=O)[C@H]1Cc2ccc3c(c2C1=O)CCCC3. The third-order valence-corrected chi connectivity index (χ3v) is 4.09. The summed E-state index contributed by atoms with van der Waals surface area (Å²) in [6.45, 7) is 0. The van der Waals surface area contributed by atoms with Gasteiger partial charge in [0, 0.05) is 5.56 Å². The van der Waals surface area contributed by atoms with Crippen molar-refractivity contribution in [3.8, 4) is 0 Å². The second-order valence-corrected chi connectivity index (χ2v) is 5.09. The van der Waals surface area contributed by atoms with Crippen molar-refractivity contribution in [3.63, 3.8) is 0 Å². The molecular weight excluding hydrogens is 228 g/mol. The summed E-state index contributed by atoms with van der Waals surface area (Å²) in [5.74, 6) is -1.05. The van der Waals surface area contributed by atoms with Crippen LogP contribution in [0.1, 0.15) is 39.9 Å². The Morgan fingerprint density at radius 2 is 1.94 bits per heavy atom. The number of hydrogen-bond donors (Lipinski definition) is 0. The maximum absolute atomic E-state index is 12.4. The molecule has 94 valence electrons. The van der Waals surface area contributed by atoms with Gasteiger partial charge in [0.1, 0.15) is 5.92 Å². The van der Waals surface area contributed by atoms with Crippen LogP contribution in [0.3, 0.4) is 0 Å². The monoisotopic (exact) mass is 244 g/mol. The molecule has 0 heterocycles. The lowest BCUT2D eigenvalue weighted by Crippen LogP contribution is -2.22. The van der Waals surface area contributed by atoms with E-state index in [2.05, 4.69) is 6.07 Å². The molecule has 0 unspecified atom stereocenters. The molecule has 2 aliphatic rings. The molecule has 0 spiro atoms. The summed E-state index contributed by atoms with van der Waals surface area (Å²) in [5, 5.41) is 0. The number of ether oxygens (including phenoxy) is 1. The number of rotatable bonds is 1. The van der Waals surface area contributed by atoms with Crippen molar-refractivity contribution >= 4 is 11.8 Å². The summed E-state index contributed by atoms with van der Waals surface area (Å²) < 4.78 is 4.72. The number of Topliss-reactive ketones (excluding diaryl/α,β-unsaturated/α-hetero) is 1. The smallest absolute Gasteiger partial charge is 0.316 e. The molecule has 3 heteroatoms. The highest BCUT2D eigenvalue weighted by atomic mass is 16.5. The number of benzene rings is 1.